The second-order valence-corrected chi connectivity index (χ2v) is 5.84. The first kappa shape index (κ1) is 16.6. The van der Waals surface area contributed by atoms with E-state index in [0.29, 0.717) is 28.4 Å². The molecule has 0 amide bonds. The Morgan fingerprint density at radius 3 is 2.41 bits per heavy atom. The molecule has 0 aliphatic carbocycles. The number of aromatic nitrogens is 1. The summed E-state index contributed by atoms with van der Waals surface area (Å²) in [6.07, 6.45) is 1.54. The van der Waals surface area contributed by atoms with Gasteiger partial charge in [0.1, 0.15) is 29.0 Å². The van der Waals surface area contributed by atoms with E-state index in [0.717, 1.165) is 5.69 Å². The largest absolute Gasteiger partial charge is 0.463 e. The Morgan fingerprint density at radius 1 is 0.926 bits per heavy atom. The van der Waals surface area contributed by atoms with Crippen LogP contribution >= 0.6 is 0 Å². The van der Waals surface area contributed by atoms with Gasteiger partial charge in [-0.05, 0) is 36.4 Å². The maximum absolute atomic E-state index is 14.5. The maximum atomic E-state index is 14.5. The van der Waals surface area contributed by atoms with Crippen LogP contribution in [0.1, 0.15) is 5.56 Å². The molecule has 0 bridgehead atoms. The average molecular weight is 355 g/mol. The molecule has 2 aromatic heterocycles. The van der Waals surface area contributed by atoms with Crippen LogP contribution in [-0.4, -0.2) is 4.98 Å². The van der Waals surface area contributed by atoms with Gasteiger partial charge >= 0.3 is 0 Å². The van der Waals surface area contributed by atoms with Crippen LogP contribution in [0.4, 0.5) is 15.9 Å². The highest BCUT2D eigenvalue weighted by atomic mass is 19.1. The summed E-state index contributed by atoms with van der Waals surface area (Å²) >= 11 is 0. The SMILES string of the molecule is N#Cc1c(-c2ccccc2F)cc(-c2ccco2)nc1Nc1ccccc1. The highest BCUT2D eigenvalue weighted by Gasteiger charge is 2.18. The third-order valence-corrected chi connectivity index (χ3v) is 4.11. The van der Waals surface area contributed by atoms with Crippen LogP contribution in [0, 0.1) is 17.1 Å². The van der Waals surface area contributed by atoms with Crippen LogP contribution in [-0.2, 0) is 0 Å². The van der Waals surface area contributed by atoms with Crippen molar-refractivity contribution in [3.05, 3.63) is 90.4 Å². The molecule has 0 aliphatic heterocycles. The van der Waals surface area contributed by atoms with Crippen molar-refractivity contribution in [3.8, 4) is 28.7 Å². The Bertz CT molecular complexity index is 1120. The molecule has 0 saturated carbocycles. The van der Waals surface area contributed by atoms with Crippen molar-refractivity contribution in [2.45, 2.75) is 0 Å². The molecule has 0 unspecified atom stereocenters. The number of benzene rings is 2. The zero-order chi connectivity index (χ0) is 18.6. The van der Waals surface area contributed by atoms with Gasteiger partial charge in [0, 0.05) is 16.8 Å². The van der Waals surface area contributed by atoms with Gasteiger partial charge in [-0.2, -0.15) is 5.26 Å². The number of hydrogen-bond donors (Lipinski definition) is 1. The highest BCUT2D eigenvalue weighted by Crippen LogP contribution is 2.34. The topological polar surface area (TPSA) is 61.9 Å². The Kier molecular flexibility index (Phi) is 4.38. The number of anilines is 2. The molecule has 130 valence electrons. The van der Waals surface area contributed by atoms with Crippen LogP contribution in [0.15, 0.2) is 83.5 Å². The Hall–Kier alpha value is -3.91. The molecule has 1 N–H and O–H groups in total. The van der Waals surface area contributed by atoms with Gasteiger partial charge in [0.15, 0.2) is 5.76 Å². The Balaban J connectivity index is 1.94. The normalized spacial score (nSPS) is 10.4. The van der Waals surface area contributed by atoms with Gasteiger partial charge < -0.3 is 9.73 Å². The average Bonchev–Trinajstić information content (AvgIpc) is 3.23. The molecule has 0 spiro atoms. The molecule has 4 nitrogen and oxygen atoms in total. The highest BCUT2D eigenvalue weighted by molar-refractivity contribution is 5.81. The van der Waals surface area contributed by atoms with Crippen LogP contribution in [0.25, 0.3) is 22.6 Å². The first-order valence-electron chi connectivity index (χ1n) is 8.32. The number of furan rings is 1. The van der Waals surface area contributed by atoms with Crippen molar-refractivity contribution in [3.63, 3.8) is 0 Å². The quantitative estimate of drug-likeness (QED) is 0.505. The van der Waals surface area contributed by atoms with Crippen molar-refractivity contribution in [2.24, 2.45) is 0 Å². The molecule has 2 aromatic carbocycles. The molecule has 27 heavy (non-hydrogen) atoms. The summed E-state index contributed by atoms with van der Waals surface area (Å²) < 4.78 is 19.9. The zero-order valence-corrected chi connectivity index (χ0v) is 14.2. The third-order valence-electron chi connectivity index (χ3n) is 4.11. The second kappa shape index (κ2) is 7.14. The van der Waals surface area contributed by atoms with E-state index in [1.54, 1.807) is 42.7 Å². The summed E-state index contributed by atoms with van der Waals surface area (Å²) in [6.45, 7) is 0. The maximum Gasteiger partial charge on any atom is 0.152 e. The van der Waals surface area contributed by atoms with Gasteiger partial charge in [0.05, 0.1) is 6.26 Å². The molecular weight excluding hydrogens is 341 g/mol. The van der Waals surface area contributed by atoms with E-state index < -0.39 is 5.82 Å². The van der Waals surface area contributed by atoms with Crippen molar-refractivity contribution < 1.29 is 8.81 Å². The smallest absolute Gasteiger partial charge is 0.152 e. The van der Waals surface area contributed by atoms with Gasteiger partial charge in [-0.15, -0.1) is 0 Å². The van der Waals surface area contributed by atoms with Crippen molar-refractivity contribution >= 4 is 11.5 Å². The molecular formula is C22H14FN3O. The molecule has 4 rings (SSSR count). The van der Waals surface area contributed by atoms with E-state index >= 15 is 0 Å². The number of nitriles is 1. The molecule has 2 heterocycles. The summed E-state index contributed by atoms with van der Waals surface area (Å²) in [5.74, 6) is 0.472. The minimum atomic E-state index is -0.406. The summed E-state index contributed by atoms with van der Waals surface area (Å²) in [5.41, 5.74) is 2.34. The van der Waals surface area contributed by atoms with Gasteiger partial charge in [0.2, 0.25) is 0 Å². The number of nitrogens with one attached hydrogen (secondary N) is 1. The van der Waals surface area contributed by atoms with E-state index in [-0.39, 0.29) is 5.56 Å². The van der Waals surface area contributed by atoms with Gasteiger partial charge in [-0.3, -0.25) is 0 Å². The fourth-order valence-electron chi connectivity index (χ4n) is 2.85. The lowest BCUT2D eigenvalue weighted by Crippen LogP contribution is -2.01. The van der Waals surface area contributed by atoms with Crippen LogP contribution in [0.3, 0.4) is 0 Å². The molecule has 4 aromatic rings. The number of rotatable bonds is 4. The predicted molar refractivity (Wildman–Crippen MR) is 102 cm³/mol. The van der Waals surface area contributed by atoms with Gasteiger partial charge in [0.25, 0.3) is 0 Å². The van der Waals surface area contributed by atoms with Crippen LogP contribution in [0.2, 0.25) is 0 Å². The van der Waals surface area contributed by atoms with Gasteiger partial charge in [-0.25, -0.2) is 9.37 Å². The number of hydrogen-bond acceptors (Lipinski definition) is 4. The van der Waals surface area contributed by atoms with E-state index in [1.807, 2.05) is 30.3 Å². The molecule has 0 saturated heterocycles. The second-order valence-electron chi connectivity index (χ2n) is 5.84. The lowest BCUT2D eigenvalue weighted by molar-refractivity contribution is 0.580. The lowest BCUT2D eigenvalue weighted by atomic mass is 9.99. The van der Waals surface area contributed by atoms with Crippen molar-refractivity contribution in [1.29, 1.82) is 5.26 Å². The van der Waals surface area contributed by atoms with Gasteiger partial charge in [-0.1, -0.05) is 36.4 Å². The molecule has 0 aliphatic rings. The van der Waals surface area contributed by atoms with Crippen molar-refractivity contribution in [1.82, 2.24) is 4.98 Å². The summed E-state index contributed by atoms with van der Waals surface area (Å²) in [6, 6.07) is 23.1. The van der Waals surface area contributed by atoms with Crippen LogP contribution in [0.5, 0.6) is 0 Å². The fourth-order valence-corrected chi connectivity index (χ4v) is 2.85. The molecule has 0 fully saturated rings. The minimum absolute atomic E-state index is 0.263. The Morgan fingerprint density at radius 2 is 1.70 bits per heavy atom. The van der Waals surface area contributed by atoms with E-state index in [1.165, 1.54) is 6.07 Å². The summed E-state index contributed by atoms with van der Waals surface area (Å²) in [4.78, 5) is 4.55. The van der Waals surface area contributed by atoms with Crippen LogP contribution < -0.4 is 5.32 Å². The van der Waals surface area contributed by atoms with E-state index in [2.05, 4.69) is 16.4 Å². The number of nitrogens with zero attached hydrogens (tertiary/aromatic N) is 2. The summed E-state index contributed by atoms with van der Waals surface area (Å²) in [5, 5.41) is 12.9. The number of pyridine rings is 1. The van der Waals surface area contributed by atoms with E-state index in [4.69, 9.17) is 4.42 Å². The molecule has 0 atom stereocenters. The Labute approximate surface area is 155 Å². The first-order valence-corrected chi connectivity index (χ1v) is 8.32. The standard InChI is InChI=1S/C22H14FN3O/c23-19-10-5-4-9-16(19)17-13-20(21-11-6-12-27-21)26-22(18(17)14-24)25-15-7-2-1-3-8-15/h1-13H,(H,25,26). The monoisotopic (exact) mass is 355 g/mol. The first-order chi connectivity index (χ1) is 13.3. The lowest BCUT2D eigenvalue weighted by Gasteiger charge is -2.13. The molecule has 5 heteroatoms. The van der Waals surface area contributed by atoms with E-state index in [9.17, 15) is 9.65 Å². The summed E-state index contributed by atoms with van der Waals surface area (Å²) in [7, 11) is 0. The zero-order valence-electron chi connectivity index (χ0n) is 14.2. The number of halogens is 1. The number of para-hydroxylation sites is 1. The molecule has 0 radical (unpaired) electrons. The fraction of sp³-hybridized carbons (Fsp3) is 0. The predicted octanol–water partition coefficient (Wildman–Crippen LogP) is 5.76. The third kappa shape index (κ3) is 3.29. The van der Waals surface area contributed by atoms with Crippen molar-refractivity contribution in [2.75, 3.05) is 5.32 Å². The minimum Gasteiger partial charge on any atom is -0.463 e.